The summed E-state index contributed by atoms with van der Waals surface area (Å²) in [5.74, 6) is 2.37. The molecule has 2 saturated carbocycles. The van der Waals surface area contributed by atoms with E-state index in [9.17, 15) is 0 Å². The van der Waals surface area contributed by atoms with Gasteiger partial charge in [0, 0.05) is 0 Å². The molecule has 2 aliphatic rings. The minimum atomic E-state index is -1.77. The van der Waals surface area contributed by atoms with Gasteiger partial charge in [-0.2, -0.15) is 0 Å². The van der Waals surface area contributed by atoms with Gasteiger partial charge >= 0.3 is 0 Å². The predicted molar refractivity (Wildman–Crippen MR) is 118 cm³/mol. The SMILES string of the molecule is CC[Si](CC)(CC)OC(C)(C)[C@H](F)CC[C@@H](C)[C@H]1CC[C@H]2CCCC[C@]21C. The van der Waals surface area contributed by atoms with E-state index in [0.717, 1.165) is 36.4 Å². The van der Waals surface area contributed by atoms with E-state index < -0.39 is 20.1 Å². The normalized spacial score (nSPS) is 31.6. The summed E-state index contributed by atoms with van der Waals surface area (Å²) >= 11 is 0. The van der Waals surface area contributed by atoms with E-state index in [1.807, 2.05) is 13.8 Å². The summed E-state index contributed by atoms with van der Waals surface area (Å²) in [6.07, 6.45) is 9.27. The first-order valence-electron chi connectivity index (χ1n) is 12.0. The number of fused-ring (bicyclic) bond motifs is 1. The van der Waals surface area contributed by atoms with Crippen molar-refractivity contribution in [2.45, 2.75) is 130 Å². The van der Waals surface area contributed by atoms with Crippen LogP contribution in [0.3, 0.4) is 0 Å². The molecule has 0 N–H and O–H groups in total. The van der Waals surface area contributed by atoms with Crippen molar-refractivity contribution in [1.82, 2.24) is 0 Å². The van der Waals surface area contributed by atoms with Crippen molar-refractivity contribution in [1.29, 1.82) is 0 Å². The summed E-state index contributed by atoms with van der Waals surface area (Å²) in [5, 5.41) is 0. The zero-order chi connectivity index (χ0) is 20.3. The maximum Gasteiger partial charge on any atom is 0.192 e. The number of hydrogen-bond donors (Lipinski definition) is 0. The van der Waals surface area contributed by atoms with E-state index in [2.05, 4.69) is 34.6 Å². The summed E-state index contributed by atoms with van der Waals surface area (Å²) in [6, 6.07) is 3.27. The quantitative estimate of drug-likeness (QED) is 0.337. The fraction of sp³-hybridized carbons (Fsp3) is 1.00. The van der Waals surface area contributed by atoms with Crippen LogP contribution in [-0.2, 0) is 4.43 Å². The highest BCUT2D eigenvalue weighted by Crippen LogP contribution is 2.58. The third-order valence-electron chi connectivity index (χ3n) is 8.85. The van der Waals surface area contributed by atoms with Gasteiger partial charge in [0.05, 0.1) is 5.60 Å². The Labute approximate surface area is 170 Å². The lowest BCUT2D eigenvalue weighted by atomic mass is 9.62. The number of rotatable bonds is 10. The Morgan fingerprint density at radius 3 is 2.26 bits per heavy atom. The first-order valence-corrected chi connectivity index (χ1v) is 14.5. The lowest BCUT2D eigenvalue weighted by Gasteiger charge is -2.44. The smallest absolute Gasteiger partial charge is 0.192 e. The Morgan fingerprint density at radius 1 is 1.04 bits per heavy atom. The van der Waals surface area contributed by atoms with Gasteiger partial charge in [0.25, 0.3) is 0 Å². The van der Waals surface area contributed by atoms with Crippen LogP contribution in [0.4, 0.5) is 4.39 Å². The Morgan fingerprint density at radius 2 is 1.67 bits per heavy atom. The van der Waals surface area contributed by atoms with Crippen molar-refractivity contribution in [3.8, 4) is 0 Å². The van der Waals surface area contributed by atoms with Crippen LogP contribution in [0.25, 0.3) is 0 Å². The van der Waals surface area contributed by atoms with Gasteiger partial charge in [-0.05, 0) is 93.7 Å². The van der Waals surface area contributed by atoms with Crippen LogP contribution >= 0.6 is 0 Å². The highest BCUT2D eigenvalue weighted by atomic mass is 28.4. The van der Waals surface area contributed by atoms with Gasteiger partial charge < -0.3 is 4.43 Å². The molecule has 0 saturated heterocycles. The second-order valence-electron chi connectivity index (χ2n) is 10.6. The highest BCUT2D eigenvalue weighted by molar-refractivity contribution is 6.73. The van der Waals surface area contributed by atoms with Gasteiger partial charge in [-0.3, -0.25) is 0 Å². The molecule has 27 heavy (non-hydrogen) atoms. The minimum Gasteiger partial charge on any atom is -0.409 e. The molecule has 0 amide bonds. The minimum absolute atomic E-state index is 0.532. The fourth-order valence-corrected chi connectivity index (χ4v) is 9.76. The third-order valence-corrected chi connectivity index (χ3v) is 13.7. The maximum absolute atomic E-state index is 15.3. The monoisotopic (exact) mass is 398 g/mol. The first kappa shape index (κ1) is 23.4. The number of alkyl halides is 1. The molecule has 0 aromatic heterocycles. The molecular weight excluding hydrogens is 351 g/mol. The number of hydrogen-bond acceptors (Lipinski definition) is 1. The van der Waals surface area contributed by atoms with Gasteiger partial charge in [0.2, 0.25) is 0 Å². The largest absolute Gasteiger partial charge is 0.409 e. The molecule has 2 rings (SSSR count). The van der Waals surface area contributed by atoms with Gasteiger partial charge in [-0.15, -0.1) is 0 Å². The predicted octanol–water partition coefficient (Wildman–Crippen LogP) is 8.15. The zero-order valence-electron chi connectivity index (χ0n) is 19.4. The van der Waals surface area contributed by atoms with Gasteiger partial charge in [0.15, 0.2) is 8.32 Å². The molecule has 3 heteroatoms. The van der Waals surface area contributed by atoms with E-state index in [-0.39, 0.29) is 0 Å². The van der Waals surface area contributed by atoms with Crippen LogP contribution in [0.15, 0.2) is 0 Å². The zero-order valence-corrected chi connectivity index (χ0v) is 20.4. The van der Waals surface area contributed by atoms with E-state index in [1.165, 1.54) is 38.5 Å². The summed E-state index contributed by atoms with van der Waals surface area (Å²) < 4.78 is 21.9. The standard InChI is InChI=1S/C24H47FOSi/c1-8-27(9-2,10-3)26-23(5,6)22(25)17-14-19(4)21-16-15-20-13-11-12-18-24(20,21)7/h19-22H,8-18H2,1-7H3/t19-,20-,21-,22-,24-/m1/s1. The van der Waals surface area contributed by atoms with E-state index in [1.54, 1.807) is 0 Å². The van der Waals surface area contributed by atoms with Crippen molar-refractivity contribution in [3.05, 3.63) is 0 Å². The molecule has 2 fully saturated rings. The van der Waals surface area contributed by atoms with Crippen molar-refractivity contribution >= 4 is 8.32 Å². The van der Waals surface area contributed by atoms with Crippen LogP contribution in [-0.4, -0.2) is 20.1 Å². The van der Waals surface area contributed by atoms with Crippen LogP contribution < -0.4 is 0 Å². The highest BCUT2D eigenvalue weighted by Gasteiger charge is 2.49. The fourth-order valence-electron chi connectivity index (χ4n) is 6.58. The van der Waals surface area contributed by atoms with Crippen molar-refractivity contribution in [2.75, 3.05) is 0 Å². The van der Waals surface area contributed by atoms with Gasteiger partial charge in [-0.25, -0.2) is 4.39 Å². The van der Waals surface area contributed by atoms with Crippen LogP contribution in [0.5, 0.6) is 0 Å². The molecule has 0 bridgehead atoms. The molecule has 0 radical (unpaired) electrons. The van der Waals surface area contributed by atoms with Crippen molar-refractivity contribution in [2.24, 2.45) is 23.2 Å². The molecule has 5 atom stereocenters. The molecule has 0 unspecified atom stereocenters. The van der Waals surface area contributed by atoms with Gasteiger partial charge in [-0.1, -0.05) is 47.5 Å². The molecule has 0 aromatic carbocycles. The molecule has 0 aliphatic heterocycles. The summed E-state index contributed by atoms with van der Waals surface area (Å²) in [6.45, 7) is 15.6. The van der Waals surface area contributed by atoms with Crippen molar-refractivity contribution < 1.29 is 8.82 Å². The van der Waals surface area contributed by atoms with E-state index in [0.29, 0.717) is 17.8 Å². The van der Waals surface area contributed by atoms with E-state index in [4.69, 9.17) is 4.43 Å². The molecule has 1 nitrogen and oxygen atoms in total. The Bertz CT molecular complexity index is 453. The molecule has 0 aromatic rings. The van der Waals surface area contributed by atoms with Gasteiger partial charge in [0.1, 0.15) is 6.17 Å². The topological polar surface area (TPSA) is 9.23 Å². The first-order chi connectivity index (χ1) is 12.6. The molecule has 160 valence electrons. The average molecular weight is 399 g/mol. The third kappa shape index (κ3) is 5.00. The Kier molecular flexibility index (Phi) is 8.04. The second kappa shape index (κ2) is 9.28. The van der Waals surface area contributed by atoms with Crippen LogP contribution in [0, 0.1) is 23.2 Å². The Balaban J connectivity index is 1.93. The summed E-state index contributed by atoms with van der Waals surface area (Å²) in [5.41, 5.74) is -0.106. The summed E-state index contributed by atoms with van der Waals surface area (Å²) in [4.78, 5) is 0. The van der Waals surface area contributed by atoms with Crippen molar-refractivity contribution in [3.63, 3.8) is 0 Å². The van der Waals surface area contributed by atoms with Crippen LogP contribution in [0.2, 0.25) is 18.1 Å². The molecule has 2 aliphatic carbocycles. The molecule has 0 spiro atoms. The lowest BCUT2D eigenvalue weighted by molar-refractivity contribution is -0.000594. The lowest BCUT2D eigenvalue weighted by Crippen LogP contribution is -2.49. The average Bonchev–Trinajstić information content (AvgIpc) is 3.01. The maximum atomic E-state index is 15.3. The van der Waals surface area contributed by atoms with Crippen LogP contribution in [0.1, 0.15) is 99.8 Å². The second-order valence-corrected chi connectivity index (χ2v) is 15.3. The number of halogens is 1. The molecular formula is C24H47FOSi. The molecule has 0 heterocycles. The Hall–Kier alpha value is 0.107. The summed E-state index contributed by atoms with van der Waals surface area (Å²) in [7, 11) is -1.77. The van der Waals surface area contributed by atoms with E-state index >= 15 is 4.39 Å².